The molecule has 2 amide bonds. The lowest BCUT2D eigenvalue weighted by Gasteiger charge is -2.10. The van der Waals surface area contributed by atoms with Gasteiger partial charge in [0, 0.05) is 32.6 Å². The van der Waals surface area contributed by atoms with Crippen LogP contribution in [0.5, 0.6) is 11.8 Å². The minimum absolute atomic E-state index is 0.0159. The average Bonchev–Trinajstić information content (AvgIpc) is 3.22. The average molecular weight is 609 g/mol. The fourth-order valence-corrected chi connectivity index (χ4v) is 5.73. The van der Waals surface area contributed by atoms with Crippen molar-refractivity contribution in [2.45, 2.75) is 4.90 Å². The van der Waals surface area contributed by atoms with Gasteiger partial charge in [-0.3, -0.25) is 18.9 Å². The van der Waals surface area contributed by atoms with Crippen LogP contribution in [0, 0.1) is 0 Å². The van der Waals surface area contributed by atoms with E-state index in [1.165, 1.54) is 54.6 Å². The molecule has 41 heavy (non-hydrogen) atoms. The zero-order valence-electron chi connectivity index (χ0n) is 20.7. The van der Waals surface area contributed by atoms with E-state index in [9.17, 15) is 28.2 Å². The number of hydrogen-bond acceptors (Lipinski definition) is 6. The first kappa shape index (κ1) is 27.8. The lowest BCUT2D eigenvalue weighted by Crippen LogP contribution is -2.14. The Balaban J connectivity index is 1.37. The zero-order valence-corrected chi connectivity index (χ0v) is 23.0. The smallest absolute Gasteiger partial charge is 0.295 e. The fourth-order valence-electron chi connectivity index (χ4n) is 4.01. The fraction of sp³-hybridized carbons (Fsp3) is 0. The maximum Gasteiger partial charge on any atom is 0.295 e. The Morgan fingerprint density at radius 1 is 0.732 bits per heavy atom. The van der Waals surface area contributed by atoms with Crippen molar-refractivity contribution in [2.75, 3.05) is 4.72 Å². The van der Waals surface area contributed by atoms with Crippen LogP contribution in [0.2, 0.25) is 10.0 Å². The molecule has 13 heteroatoms. The van der Waals surface area contributed by atoms with E-state index in [4.69, 9.17) is 23.2 Å². The van der Waals surface area contributed by atoms with E-state index in [1.807, 2.05) is 0 Å². The summed E-state index contributed by atoms with van der Waals surface area (Å²) in [5.74, 6) is -2.32. The van der Waals surface area contributed by atoms with Crippen molar-refractivity contribution in [3.8, 4) is 17.4 Å². The number of aromatic hydroxyl groups is 2. The van der Waals surface area contributed by atoms with E-state index in [-0.39, 0.29) is 44.2 Å². The Hall–Kier alpha value is -4.71. The number of aromatic nitrogens is 1. The summed E-state index contributed by atoms with van der Waals surface area (Å²) in [7, 11) is -4.19. The highest BCUT2D eigenvalue weighted by Gasteiger charge is 2.21. The largest absolute Gasteiger partial charge is 0.494 e. The molecule has 0 saturated heterocycles. The van der Waals surface area contributed by atoms with Gasteiger partial charge >= 0.3 is 0 Å². The van der Waals surface area contributed by atoms with Gasteiger partial charge in [0.05, 0.1) is 10.7 Å². The number of sulfonamides is 1. The number of halogens is 2. The molecule has 0 aliphatic rings. The number of rotatable bonds is 6. The molecule has 0 fully saturated rings. The Morgan fingerprint density at radius 2 is 1.32 bits per heavy atom. The summed E-state index contributed by atoms with van der Waals surface area (Å²) in [6.07, 6.45) is 0. The van der Waals surface area contributed by atoms with Gasteiger partial charge in [0.25, 0.3) is 21.8 Å². The number of carbonyl (C=O) groups excluding carboxylic acids is 2. The second kappa shape index (κ2) is 11.0. The molecule has 0 radical (unpaired) electrons. The first-order chi connectivity index (χ1) is 19.5. The van der Waals surface area contributed by atoms with Gasteiger partial charge in [0.1, 0.15) is 4.90 Å². The summed E-state index contributed by atoms with van der Waals surface area (Å²) in [6, 6.07) is 21.9. The maximum atomic E-state index is 12.9. The number of benzene rings is 4. The normalized spacial score (nSPS) is 11.7. The van der Waals surface area contributed by atoms with Crippen LogP contribution in [0.15, 0.2) is 106 Å². The molecule has 0 bridgehead atoms. The topological polar surface area (TPSA) is 150 Å². The number of nitrogens with zero attached hydrogens (tertiary/aromatic N) is 3. The highest BCUT2D eigenvalue weighted by molar-refractivity contribution is 7.92. The predicted octanol–water partition coefficient (Wildman–Crippen LogP) is 6.58. The van der Waals surface area contributed by atoms with Crippen molar-refractivity contribution in [1.29, 1.82) is 0 Å². The van der Waals surface area contributed by atoms with Gasteiger partial charge in [0.15, 0.2) is 0 Å². The Kier molecular flexibility index (Phi) is 7.50. The van der Waals surface area contributed by atoms with E-state index in [0.717, 1.165) is 10.6 Å². The first-order valence-corrected chi connectivity index (χ1v) is 14.0. The minimum Gasteiger partial charge on any atom is -0.494 e. The van der Waals surface area contributed by atoms with Gasteiger partial charge in [0.2, 0.25) is 11.8 Å². The van der Waals surface area contributed by atoms with Crippen LogP contribution in [0.4, 0.5) is 5.69 Å². The van der Waals surface area contributed by atoms with Gasteiger partial charge in [-0.05, 0) is 72.8 Å². The van der Waals surface area contributed by atoms with Crippen LogP contribution in [0.1, 0.15) is 20.7 Å². The minimum atomic E-state index is -4.19. The standard InChI is InChI=1S/C28H18Cl2N4O6S/c29-18-9-11-19(12-10-18)33-41(39,40)24-15-17(8-13-23(24)30)26(36)32-31-25(35)16-4-3-5-20(14-16)34-27(37)21-6-1-2-7-22(21)28(34)38/h1-15,33,37-38H. The van der Waals surface area contributed by atoms with Crippen LogP contribution in [-0.4, -0.2) is 35.0 Å². The molecule has 0 saturated carbocycles. The van der Waals surface area contributed by atoms with E-state index in [2.05, 4.69) is 15.0 Å². The number of amides is 2. The lowest BCUT2D eigenvalue weighted by atomic mass is 10.2. The summed E-state index contributed by atoms with van der Waals surface area (Å²) in [5, 5.41) is 29.3. The molecule has 0 aliphatic carbocycles. The number of hydrogen-bond donors (Lipinski definition) is 3. The summed E-state index contributed by atoms with van der Waals surface area (Å²) in [6.45, 7) is 0. The molecule has 0 aliphatic heterocycles. The Morgan fingerprint density at radius 3 is 1.93 bits per heavy atom. The van der Waals surface area contributed by atoms with Crippen molar-refractivity contribution < 1.29 is 28.2 Å². The van der Waals surface area contributed by atoms with Gasteiger partial charge < -0.3 is 10.2 Å². The summed E-state index contributed by atoms with van der Waals surface area (Å²) in [4.78, 5) is 25.0. The second-order valence-corrected chi connectivity index (χ2v) is 11.1. The number of anilines is 1. The summed E-state index contributed by atoms with van der Waals surface area (Å²) >= 11 is 11.9. The maximum absolute atomic E-state index is 12.9. The van der Waals surface area contributed by atoms with Crippen molar-refractivity contribution in [2.24, 2.45) is 10.2 Å². The summed E-state index contributed by atoms with van der Waals surface area (Å²) < 4.78 is 29.3. The number of nitrogens with one attached hydrogen (secondary N) is 1. The lowest BCUT2D eigenvalue weighted by molar-refractivity contribution is 0.0946. The van der Waals surface area contributed by atoms with Crippen molar-refractivity contribution in [3.63, 3.8) is 0 Å². The monoisotopic (exact) mass is 608 g/mol. The van der Waals surface area contributed by atoms with Crippen LogP contribution in [-0.2, 0) is 10.0 Å². The molecule has 206 valence electrons. The number of fused-ring (bicyclic) bond motifs is 1. The quantitative estimate of drug-likeness (QED) is 0.185. The van der Waals surface area contributed by atoms with Crippen LogP contribution in [0.3, 0.4) is 0 Å². The highest BCUT2D eigenvalue weighted by Crippen LogP contribution is 2.38. The molecule has 1 heterocycles. The van der Waals surface area contributed by atoms with Crippen LogP contribution >= 0.6 is 23.2 Å². The summed E-state index contributed by atoms with van der Waals surface area (Å²) in [5.41, 5.74) is 0.334. The molecule has 0 spiro atoms. The van der Waals surface area contributed by atoms with E-state index in [1.54, 1.807) is 30.3 Å². The van der Waals surface area contributed by atoms with Gasteiger partial charge in [-0.25, -0.2) is 8.42 Å². The third-order valence-electron chi connectivity index (χ3n) is 5.98. The van der Waals surface area contributed by atoms with Crippen molar-refractivity contribution in [1.82, 2.24) is 4.57 Å². The number of azo groups is 1. The van der Waals surface area contributed by atoms with Gasteiger partial charge in [-0.15, -0.1) is 10.2 Å². The molecular formula is C28H18Cl2N4O6S. The van der Waals surface area contributed by atoms with Crippen molar-refractivity contribution in [3.05, 3.63) is 112 Å². The molecule has 5 aromatic rings. The Labute approximate surface area is 243 Å². The molecule has 10 nitrogen and oxygen atoms in total. The van der Waals surface area contributed by atoms with E-state index < -0.39 is 21.8 Å². The molecule has 5 rings (SSSR count). The molecular weight excluding hydrogens is 591 g/mol. The number of carbonyl (C=O) groups is 2. The van der Waals surface area contributed by atoms with Crippen LogP contribution in [0.25, 0.3) is 16.5 Å². The van der Waals surface area contributed by atoms with E-state index >= 15 is 0 Å². The first-order valence-electron chi connectivity index (χ1n) is 11.8. The SMILES string of the molecule is O=C(N=NC(=O)c1ccc(Cl)c(S(=O)(=O)Nc2ccc(Cl)cc2)c1)c1cccc(-n2c(O)c3ccccc3c2O)c1. The predicted molar refractivity (Wildman–Crippen MR) is 154 cm³/mol. The Bertz CT molecular complexity index is 1930. The van der Waals surface area contributed by atoms with Gasteiger partial charge in [-0.1, -0.05) is 41.4 Å². The molecule has 0 unspecified atom stereocenters. The highest BCUT2D eigenvalue weighted by atomic mass is 35.5. The third kappa shape index (κ3) is 5.64. The van der Waals surface area contributed by atoms with Gasteiger partial charge in [-0.2, -0.15) is 0 Å². The van der Waals surface area contributed by atoms with Crippen LogP contribution < -0.4 is 4.72 Å². The molecule has 3 N–H and O–H groups in total. The molecule has 0 atom stereocenters. The van der Waals surface area contributed by atoms with Crippen molar-refractivity contribution >= 4 is 61.5 Å². The second-order valence-electron chi connectivity index (χ2n) is 8.65. The third-order valence-corrected chi connectivity index (χ3v) is 8.09. The zero-order chi connectivity index (χ0) is 29.3. The molecule has 4 aromatic carbocycles. The van der Waals surface area contributed by atoms with E-state index in [0.29, 0.717) is 15.8 Å². The molecule has 1 aromatic heterocycles.